The van der Waals surface area contributed by atoms with E-state index in [2.05, 4.69) is 12.2 Å². The van der Waals surface area contributed by atoms with Crippen LogP contribution in [0.3, 0.4) is 0 Å². The first kappa shape index (κ1) is 27.3. The summed E-state index contributed by atoms with van der Waals surface area (Å²) in [7, 11) is 0. The lowest BCUT2D eigenvalue weighted by Gasteiger charge is -2.29. The van der Waals surface area contributed by atoms with Gasteiger partial charge in [-0.25, -0.2) is 4.79 Å². The Hall–Kier alpha value is -1.77. The van der Waals surface area contributed by atoms with Gasteiger partial charge >= 0.3 is 11.9 Å². The van der Waals surface area contributed by atoms with Crippen molar-refractivity contribution in [2.24, 2.45) is 17.3 Å². The molecular formula is C26H31Cl2NO6S. The zero-order valence-electron chi connectivity index (χ0n) is 20.1. The first-order chi connectivity index (χ1) is 17.0. The molecule has 3 N–H and O–H groups in total. The fraction of sp³-hybridized carbons (Fsp3) is 0.615. The Morgan fingerprint density at radius 3 is 2.47 bits per heavy atom. The van der Waals surface area contributed by atoms with Crippen molar-refractivity contribution in [3.05, 3.63) is 27.2 Å². The van der Waals surface area contributed by atoms with E-state index >= 15 is 0 Å². The summed E-state index contributed by atoms with van der Waals surface area (Å²) in [5.74, 6) is -2.61. The molecule has 3 aliphatic rings. The third-order valence-corrected chi connectivity index (χ3v) is 10.4. The minimum absolute atomic E-state index is 0.0907. The summed E-state index contributed by atoms with van der Waals surface area (Å²) in [6.45, 7) is 2.06. The van der Waals surface area contributed by atoms with E-state index in [9.17, 15) is 24.3 Å². The highest BCUT2D eigenvalue weighted by atomic mass is 35.5. The van der Waals surface area contributed by atoms with Crippen LogP contribution in [0.5, 0.6) is 0 Å². The summed E-state index contributed by atoms with van der Waals surface area (Å²) < 4.78 is 0. The number of carboxylic acid groups (broad SMARTS) is 2. The quantitative estimate of drug-likeness (QED) is 0.361. The standard InChI is InChI=1S/C26H31Cl2NO6S/c1-26(15-4-2-3-5-15)12-14-11-18(21(27)22(28)20(14)23(26)32)36-16-7-6-13(10-16)24(33)29-17(25(34)35)8-9-19(30)31/h11,13,15-17H,2-10,12H2,1H3,(H,29,33)(H,30,31)(H,34,35)/t13-,16-,17-,26-/m0/s1. The molecule has 0 aromatic heterocycles. The maximum atomic E-state index is 13.4. The van der Waals surface area contributed by atoms with Crippen molar-refractivity contribution >= 4 is 58.6 Å². The lowest BCUT2D eigenvalue weighted by atomic mass is 9.73. The van der Waals surface area contributed by atoms with Crippen molar-refractivity contribution in [2.75, 3.05) is 0 Å². The fourth-order valence-corrected chi connectivity index (χ4v) is 8.06. The molecule has 1 aromatic rings. The number of ketones is 1. The molecule has 1 aromatic carbocycles. The molecule has 3 aliphatic carbocycles. The van der Waals surface area contributed by atoms with Gasteiger partial charge in [0.2, 0.25) is 5.91 Å². The number of nitrogens with one attached hydrogen (secondary N) is 1. The highest BCUT2D eigenvalue weighted by molar-refractivity contribution is 8.00. The normalized spacial score (nSPS) is 26.7. The summed E-state index contributed by atoms with van der Waals surface area (Å²) in [6.07, 6.45) is 6.50. The van der Waals surface area contributed by atoms with Crippen molar-refractivity contribution in [2.45, 2.75) is 87.3 Å². The number of benzene rings is 1. The molecule has 0 heterocycles. The number of thioether (sulfide) groups is 1. The molecule has 0 aliphatic heterocycles. The van der Waals surface area contributed by atoms with Gasteiger partial charge in [0, 0.05) is 33.5 Å². The Kier molecular flexibility index (Phi) is 8.27. The van der Waals surface area contributed by atoms with E-state index in [0.717, 1.165) is 42.6 Å². The van der Waals surface area contributed by atoms with Gasteiger partial charge in [0.15, 0.2) is 5.78 Å². The molecule has 196 valence electrons. The largest absolute Gasteiger partial charge is 0.481 e. The highest BCUT2D eigenvalue weighted by Crippen LogP contribution is 2.53. The van der Waals surface area contributed by atoms with Crippen molar-refractivity contribution in [1.82, 2.24) is 5.32 Å². The number of carboxylic acids is 2. The Morgan fingerprint density at radius 1 is 1.14 bits per heavy atom. The molecule has 0 spiro atoms. The number of hydrogen-bond donors (Lipinski definition) is 3. The fourth-order valence-electron chi connectivity index (χ4n) is 6.06. The number of carbonyl (C=O) groups excluding carboxylic acids is 2. The number of fused-ring (bicyclic) bond motifs is 1. The third-order valence-electron chi connectivity index (χ3n) is 8.13. The molecular weight excluding hydrogens is 525 g/mol. The number of amides is 1. The lowest BCUT2D eigenvalue weighted by molar-refractivity contribution is -0.143. The van der Waals surface area contributed by atoms with Crippen LogP contribution in [0.15, 0.2) is 11.0 Å². The number of rotatable bonds is 9. The molecule has 0 radical (unpaired) electrons. The molecule has 0 saturated heterocycles. The second-order valence-electron chi connectivity index (χ2n) is 10.5. The predicted octanol–water partition coefficient (Wildman–Crippen LogP) is 5.62. The van der Waals surface area contributed by atoms with E-state index in [0.29, 0.717) is 40.8 Å². The monoisotopic (exact) mass is 555 g/mol. The number of Topliss-reactive ketones (excluding diaryl/α,β-unsaturated/α-hetero) is 1. The summed E-state index contributed by atoms with van der Waals surface area (Å²) >= 11 is 14.8. The van der Waals surface area contributed by atoms with E-state index in [4.69, 9.17) is 28.3 Å². The van der Waals surface area contributed by atoms with Crippen LogP contribution >= 0.6 is 35.0 Å². The Morgan fingerprint density at radius 2 is 1.83 bits per heavy atom. The Bertz CT molecular complexity index is 1090. The topological polar surface area (TPSA) is 121 Å². The molecule has 10 heteroatoms. The summed E-state index contributed by atoms with van der Waals surface area (Å²) in [4.78, 5) is 49.1. The van der Waals surface area contributed by atoms with E-state index in [1.54, 1.807) is 11.8 Å². The zero-order chi connectivity index (χ0) is 26.2. The minimum atomic E-state index is -1.24. The van der Waals surface area contributed by atoms with Crippen molar-refractivity contribution in [3.63, 3.8) is 0 Å². The molecule has 2 saturated carbocycles. The number of carbonyl (C=O) groups is 4. The van der Waals surface area contributed by atoms with E-state index < -0.39 is 23.4 Å². The first-order valence-electron chi connectivity index (χ1n) is 12.5. The van der Waals surface area contributed by atoms with Crippen LogP contribution in [-0.2, 0) is 20.8 Å². The van der Waals surface area contributed by atoms with Crippen molar-refractivity contribution < 1.29 is 29.4 Å². The highest BCUT2D eigenvalue weighted by Gasteiger charge is 2.49. The molecule has 0 bridgehead atoms. The number of aliphatic carboxylic acids is 2. The molecule has 4 atom stereocenters. The smallest absolute Gasteiger partial charge is 0.326 e. The minimum Gasteiger partial charge on any atom is -0.481 e. The van der Waals surface area contributed by atoms with Gasteiger partial charge in [-0.1, -0.05) is 43.0 Å². The Balaban J connectivity index is 1.42. The molecule has 1 amide bonds. The van der Waals surface area contributed by atoms with Gasteiger partial charge in [-0.05, 0) is 62.5 Å². The van der Waals surface area contributed by atoms with Gasteiger partial charge in [0.05, 0.1) is 10.0 Å². The van der Waals surface area contributed by atoms with Crippen LogP contribution in [0.25, 0.3) is 0 Å². The molecule has 36 heavy (non-hydrogen) atoms. The summed E-state index contributed by atoms with van der Waals surface area (Å²) in [5, 5.41) is 21.4. The Labute approximate surface area is 224 Å². The number of hydrogen-bond acceptors (Lipinski definition) is 5. The predicted molar refractivity (Wildman–Crippen MR) is 138 cm³/mol. The van der Waals surface area contributed by atoms with Crippen LogP contribution in [0.4, 0.5) is 0 Å². The van der Waals surface area contributed by atoms with Crippen LogP contribution in [0.2, 0.25) is 10.0 Å². The van der Waals surface area contributed by atoms with Crippen molar-refractivity contribution in [3.8, 4) is 0 Å². The van der Waals surface area contributed by atoms with Crippen molar-refractivity contribution in [1.29, 1.82) is 0 Å². The molecule has 0 unspecified atom stereocenters. The SMILES string of the molecule is C[C@@]1(C2CCCC2)Cc2cc(S[C@H]3CC[C@H](C(=O)N[C@@H](CCC(=O)O)C(=O)O)C3)c(Cl)c(Cl)c2C1=O. The van der Waals surface area contributed by atoms with E-state index in [1.165, 1.54) is 0 Å². The summed E-state index contributed by atoms with van der Waals surface area (Å²) in [6, 6.07) is 0.767. The van der Waals surface area contributed by atoms with Gasteiger partial charge < -0.3 is 15.5 Å². The second-order valence-corrected chi connectivity index (χ2v) is 12.6. The van der Waals surface area contributed by atoms with E-state index in [1.807, 2.05) is 6.07 Å². The average molecular weight is 557 g/mol. The van der Waals surface area contributed by atoms with Gasteiger partial charge in [-0.2, -0.15) is 0 Å². The second kappa shape index (κ2) is 10.9. The first-order valence-corrected chi connectivity index (χ1v) is 14.1. The molecule has 4 rings (SSSR count). The van der Waals surface area contributed by atoms with Gasteiger partial charge in [-0.15, -0.1) is 11.8 Å². The number of halogens is 2. The molecule has 7 nitrogen and oxygen atoms in total. The maximum absolute atomic E-state index is 13.4. The maximum Gasteiger partial charge on any atom is 0.326 e. The van der Waals surface area contributed by atoms with Gasteiger partial charge in [-0.3, -0.25) is 14.4 Å². The van der Waals surface area contributed by atoms with Crippen LogP contribution in [0.1, 0.15) is 80.6 Å². The van der Waals surface area contributed by atoms with Crippen LogP contribution < -0.4 is 5.32 Å². The summed E-state index contributed by atoms with van der Waals surface area (Å²) in [5.41, 5.74) is 1.07. The van der Waals surface area contributed by atoms with Gasteiger partial charge in [0.25, 0.3) is 0 Å². The lowest BCUT2D eigenvalue weighted by Crippen LogP contribution is -2.43. The third kappa shape index (κ3) is 5.41. The van der Waals surface area contributed by atoms with Crippen LogP contribution in [0, 0.1) is 17.3 Å². The molecule has 2 fully saturated rings. The average Bonchev–Trinajstić information content (AvgIpc) is 3.56. The van der Waals surface area contributed by atoms with Gasteiger partial charge in [0.1, 0.15) is 6.04 Å². The van der Waals surface area contributed by atoms with E-state index in [-0.39, 0.29) is 35.7 Å². The van der Waals surface area contributed by atoms with Crippen LogP contribution in [-0.4, -0.2) is 45.1 Å². The zero-order valence-corrected chi connectivity index (χ0v) is 22.5.